The summed E-state index contributed by atoms with van der Waals surface area (Å²) < 4.78 is 38.5. The van der Waals surface area contributed by atoms with Crippen LogP contribution in [0.5, 0.6) is 11.5 Å². The smallest absolute Gasteiger partial charge is 0.251 e. The molecule has 2 fully saturated rings. The zero-order valence-electron chi connectivity index (χ0n) is 17.3. The molecule has 6 nitrogen and oxygen atoms in total. The van der Waals surface area contributed by atoms with E-state index in [1.54, 1.807) is 30.5 Å². The maximum atomic E-state index is 13.3. The number of nitrogens with zero attached hydrogens (tertiary/aromatic N) is 3. The SMILES string of the molecule is COc1ccc(OC)c2sc(N3CCC(CC(=O)N4CCC(F)(F)CC4)CC3)nc12. The fourth-order valence-electron chi connectivity index (χ4n) is 4.20. The Morgan fingerprint density at radius 2 is 1.77 bits per heavy atom. The van der Waals surface area contributed by atoms with Gasteiger partial charge in [0, 0.05) is 45.4 Å². The molecule has 0 bridgehead atoms. The predicted octanol–water partition coefficient (Wildman–Crippen LogP) is 4.18. The van der Waals surface area contributed by atoms with Crippen molar-refractivity contribution in [3.05, 3.63) is 12.1 Å². The lowest BCUT2D eigenvalue weighted by molar-refractivity contribution is -0.138. The minimum atomic E-state index is -2.62. The van der Waals surface area contributed by atoms with E-state index in [9.17, 15) is 13.6 Å². The summed E-state index contributed by atoms with van der Waals surface area (Å²) in [5.74, 6) is -0.818. The van der Waals surface area contributed by atoms with Gasteiger partial charge in [0.2, 0.25) is 5.91 Å². The van der Waals surface area contributed by atoms with E-state index in [1.165, 1.54) is 0 Å². The van der Waals surface area contributed by atoms with Crippen LogP contribution in [0.4, 0.5) is 13.9 Å². The van der Waals surface area contributed by atoms with Crippen LogP contribution in [-0.4, -0.2) is 62.1 Å². The molecule has 0 radical (unpaired) electrons. The number of halogens is 2. The van der Waals surface area contributed by atoms with E-state index < -0.39 is 5.92 Å². The number of hydrogen-bond acceptors (Lipinski definition) is 6. The molecular formula is C21H27F2N3O3S. The average molecular weight is 440 g/mol. The molecule has 0 spiro atoms. The molecule has 2 aliphatic heterocycles. The van der Waals surface area contributed by atoms with Crippen LogP contribution in [0.1, 0.15) is 32.1 Å². The molecule has 0 N–H and O–H groups in total. The van der Waals surface area contributed by atoms with E-state index in [1.807, 2.05) is 12.1 Å². The van der Waals surface area contributed by atoms with Gasteiger partial charge < -0.3 is 19.3 Å². The van der Waals surface area contributed by atoms with Gasteiger partial charge >= 0.3 is 0 Å². The lowest BCUT2D eigenvalue weighted by Crippen LogP contribution is -2.44. The normalized spacial score (nSPS) is 19.9. The fraction of sp³-hybridized carbons (Fsp3) is 0.619. The molecule has 30 heavy (non-hydrogen) atoms. The van der Waals surface area contributed by atoms with Crippen molar-refractivity contribution in [3.8, 4) is 11.5 Å². The maximum Gasteiger partial charge on any atom is 0.251 e. The number of anilines is 1. The molecule has 9 heteroatoms. The Hall–Kier alpha value is -2.16. The van der Waals surface area contributed by atoms with Crippen molar-refractivity contribution in [1.29, 1.82) is 0 Å². The van der Waals surface area contributed by atoms with Crippen LogP contribution in [0.3, 0.4) is 0 Å². The Labute approximate surface area is 178 Å². The summed E-state index contributed by atoms with van der Waals surface area (Å²) in [6, 6.07) is 3.75. The summed E-state index contributed by atoms with van der Waals surface area (Å²) in [6.45, 7) is 1.97. The van der Waals surface area contributed by atoms with Gasteiger partial charge in [0.15, 0.2) is 5.13 Å². The zero-order valence-corrected chi connectivity index (χ0v) is 18.1. The third-order valence-corrected chi connectivity index (χ3v) is 7.23. The van der Waals surface area contributed by atoms with Crippen LogP contribution in [0, 0.1) is 5.92 Å². The Morgan fingerprint density at radius 1 is 1.13 bits per heavy atom. The van der Waals surface area contributed by atoms with Crippen molar-refractivity contribution < 1.29 is 23.0 Å². The van der Waals surface area contributed by atoms with Crippen molar-refractivity contribution in [2.24, 2.45) is 5.92 Å². The molecular weight excluding hydrogens is 412 g/mol. The first-order chi connectivity index (χ1) is 14.4. The van der Waals surface area contributed by atoms with Gasteiger partial charge in [-0.25, -0.2) is 13.8 Å². The number of methoxy groups -OCH3 is 2. The molecule has 1 aromatic heterocycles. The number of alkyl halides is 2. The molecule has 1 amide bonds. The molecule has 0 unspecified atom stereocenters. The standard InChI is InChI=1S/C21H27F2N3O3S/c1-28-15-3-4-16(29-2)19-18(15)24-20(30-19)26-9-5-14(6-10-26)13-17(27)25-11-7-21(22,23)8-12-25/h3-4,14H,5-13H2,1-2H3. The molecule has 3 heterocycles. The topological polar surface area (TPSA) is 54.9 Å². The van der Waals surface area contributed by atoms with Crippen molar-refractivity contribution in [1.82, 2.24) is 9.88 Å². The van der Waals surface area contributed by atoms with E-state index in [2.05, 4.69) is 4.90 Å². The van der Waals surface area contributed by atoms with Gasteiger partial charge in [0.05, 0.1) is 14.2 Å². The summed E-state index contributed by atoms with van der Waals surface area (Å²) in [7, 11) is 3.28. The van der Waals surface area contributed by atoms with Gasteiger partial charge in [-0.1, -0.05) is 11.3 Å². The molecule has 2 saturated heterocycles. The number of fused-ring (bicyclic) bond motifs is 1. The number of amides is 1. The van der Waals surface area contributed by atoms with Gasteiger partial charge in [0.1, 0.15) is 21.7 Å². The van der Waals surface area contributed by atoms with E-state index in [4.69, 9.17) is 14.5 Å². The minimum Gasteiger partial charge on any atom is -0.495 e. The van der Waals surface area contributed by atoms with Gasteiger partial charge in [0.25, 0.3) is 5.92 Å². The average Bonchev–Trinajstić information content (AvgIpc) is 3.19. The van der Waals surface area contributed by atoms with Crippen LogP contribution in [0.2, 0.25) is 0 Å². The van der Waals surface area contributed by atoms with E-state index in [0.717, 1.165) is 52.8 Å². The summed E-state index contributed by atoms with van der Waals surface area (Å²) in [5.41, 5.74) is 0.802. The molecule has 0 atom stereocenters. The summed E-state index contributed by atoms with van der Waals surface area (Å²) >= 11 is 1.59. The highest BCUT2D eigenvalue weighted by molar-refractivity contribution is 7.22. The highest BCUT2D eigenvalue weighted by Gasteiger charge is 2.36. The molecule has 164 valence electrons. The molecule has 2 aliphatic rings. The molecule has 0 aliphatic carbocycles. The quantitative estimate of drug-likeness (QED) is 0.700. The highest BCUT2D eigenvalue weighted by atomic mass is 32.1. The Balaban J connectivity index is 1.36. The molecule has 0 saturated carbocycles. The molecule has 1 aromatic carbocycles. The third kappa shape index (κ3) is 4.31. The number of rotatable bonds is 5. The first-order valence-electron chi connectivity index (χ1n) is 10.3. The van der Waals surface area contributed by atoms with Crippen LogP contribution >= 0.6 is 11.3 Å². The first-order valence-corrected chi connectivity index (χ1v) is 11.1. The van der Waals surface area contributed by atoms with Crippen LogP contribution < -0.4 is 14.4 Å². The first kappa shape index (κ1) is 21.1. The Kier molecular flexibility index (Phi) is 5.99. The fourth-order valence-corrected chi connectivity index (χ4v) is 5.32. The monoisotopic (exact) mass is 439 g/mol. The summed E-state index contributed by atoms with van der Waals surface area (Å²) in [5, 5.41) is 0.927. The minimum absolute atomic E-state index is 0.0124. The predicted molar refractivity (Wildman–Crippen MR) is 113 cm³/mol. The van der Waals surface area contributed by atoms with Gasteiger partial charge in [-0.15, -0.1) is 0 Å². The number of aromatic nitrogens is 1. The Bertz CT molecular complexity index is 861. The molecule has 2 aromatic rings. The second kappa shape index (κ2) is 8.53. The van der Waals surface area contributed by atoms with Gasteiger partial charge in [-0.3, -0.25) is 4.79 Å². The number of hydrogen-bond donors (Lipinski definition) is 0. The Morgan fingerprint density at radius 3 is 2.40 bits per heavy atom. The summed E-state index contributed by atoms with van der Waals surface area (Å²) in [6.07, 6.45) is 1.78. The van der Waals surface area contributed by atoms with E-state index in [-0.39, 0.29) is 37.8 Å². The number of thiazole rings is 1. The maximum absolute atomic E-state index is 13.3. The number of piperidine rings is 2. The van der Waals surface area contributed by atoms with Crippen LogP contribution in [0.25, 0.3) is 10.2 Å². The van der Waals surface area contributed by atoms with Crippen molar-refractivity contribution >= 4 is 32.6 Å². The van der Waals surface area contributed by atoms with Crippen molar-refractivity contribution in [3.63, 3.8) is 0 Å². The largest absolute Gasteiger partial charge is 0.495 e. The van der Waals surface area contributed by atoms with Gasteiger partial charge in [-0.05, 0) is 30.9 Å². The number of ether oxygens (including phenoxy) is 2. The number of carbonyl (C=O) groups is 1. The highest BCUT2D eigenvalue weighted by Crippen LogP contribution is 2.41. The van der Waals surface area contributed by atoms with Crippen LogP contribution in [0.15, 0.2) is 12.1 Å². The number of likely N-dealkylation sites (tertiary alicyclic amines) is 1. The van der Waals surface area contributed by atoms with Crippen molar-refractivity contribution in [2.45, 2.75) is 38.0 Å². The van der Waals surface area contributed by atoms with E-state index >= 15 is 0 Å². The van der Waals surface area contributed by atoms with E-state index in [0.29, 0.717) is 6.42 Å². The second-order valence-corrected chi connectivity index (χ2v) is 8.99. The molecule has 4 rings (SSSR count). The van der Waals surface area contributed by atoms with Crippen LogP contribution in [-0.2, 0) is 4.79 Å². The summed E-state index contributed by atoms with van der Waals surface area (Å²) in [4.78, 5) is 21.1. The third-order valence-electron chi connectivity index (χ3n) is 6.09. The van der Waals surface area contributed by atoms with Crippen molar-refractivity contribution in [2.75, 3.05) is 45.3 Å². The lowest BCUT2D eigenvalue weighted by Gasteiger charge is -2.35. The van der Waals surface area contributed by atoms with Gasteiger partial charge in [-0.2, -0.15) is 0 Å². The zero-order chi connectivity index (χ0) is 21.3. The number of benzene rings is 1. The lowest BCUT2D eigenvalue weighted by atomic mass is 9.92. The number of carbonyl (C=O) groups excluding carboxylic acids is 1. The second-order valence-electron chi connectivity index (χ2n) is 8.02.